The van der Waals surface area contributed by atoms with Crippen molar-refractivity contribution in [1.29, 1.82) is 0 Å². The van der Waals surface area contributed by atoms with Gasteiger partial charge in [-0.3, -0.25) is 9.36 Å². The molecule has 5 heterocycles. The molecular formula is C22H27N7O2Si. The highest BCUT2D eigenvalue weighted by molar-refractivity contribution is 6.71. The summed E-state index contributed by atoms with van der Waals surface area (Å²) in [5, 5.41) is 8.34. The van der Waals surface area contributed by atoms with Crippen molar-refractivity contribution < 1.29 is 4.80 Å². The van der Waals surface area contributed by atoms with E-state index >= 15 is 0 Å². The monoisotopic (exact) mass is 449 g/mol. The highest BCUT2D eigenvalue weighted by Gasteiger charge is 2.30. The summed E-state index contributed by atoms with van der Waals surface area (Å²) in [7, 11) is -2.17. The van der Waals surface area contributed by atoms with Crippen LogP contribution in [0.25, 0.3) is 16.7 Å². The first kappa shape index (κ1) is 20.8. The van der Waals surface area contributed by atoms with Gasteiger partial charge in [0.05, 0.1) is 11.9 Å². The zero-order chi connectivity index (χ0) is 22.5. The van der Waals surface area contributed by atoms with Gasteiger partial charge in [0, 0.05) is 23.7 Å². The Morgan fingerprint density at radius 1 is 1.16 bits per heavy atom. The van der Waals surface area contributed by atoms with Crippen molar-refractivity contribution >= 4 is 36.6 Å². The normalized spacial score (nSPS) is 21.7. The van der Waals surface area contributed by atoms with Crippen molar-refractivity contribution in [2.75, 3.05) is 5.32 Å². The van der Waals surface area contributed by atoms with Crippen LogP contribution in [0.15, 0.2) is 35.6 Å². The van der Waals surface area contributed by atoms with Crippen molar-refractivity contribution in [1.82, 2.24) is 29.1 Å². The van der Waals surface area contributed by atoms with E-state index in [4.69, 9.17) is 4.98 Å². The molecule has 2 N–H and O–H groups in total. The second-order valence-corrected chi connectivity index (χ2v) is 13.1. The second kappa shape index (κ2) is 7.79. The summed E-state index contributed by atoms with van der Waals surface area (Å²) < 4.78 is 3.51. The molecule has 166 valence electrons. The molecule has 1 fully saturated rings. The molecule has 1 saturated heterocycles. The molecule has 0 radical (unpaired) electrons. The zero-order valence-corrected chi connectivity index (χ0v) is 19.5. The van der Waals surface area contributed by atoms with E-state index in [1.54, 1.807) is 16.8 Å². The van der Waals surface area contributed by atoms with Crippen molar-refractivity contribution in [3.63, 3.8) is 0 Å². The molecule has 4 aromatic rings. The number of fused-ring (bicyclic) bond motifs is 2. The van der Waals surface area contributed by atoms with Gasteiger partial charge in [0.2, 0.25) is 5.95 Å². The first-order valence-electron chi connectivity index (χ1n) is 11.0. The largest absolute Gasteiger partial charge is 0.432 e. The van der Waals surface area contributed by atoms with Gasteiger partial charge in [-0.05, 0) is 62.5 Å². The standard InChI is InChI=1S/C22H27N7O2Si/c1-14-10-20(30)29(16-5-4-7-32(3,31)8-6-16)21-17(14)11-23-22(27-21)26-18-12-28-19(9-15(18)2)24-13-25-28/h9-13,16,31H,4-8H2,1-3H3,(H,23,26,27). The van der Waals surface area contributed by atoms with E-state index in [2.05, 4.69) is 20.4 Å². The fraction of sp³-hybridized carbons (Fsp3) is 0.409. The first-order valence-corrected chi connectivity index (χ1v) is 13.9. The number of rotatable bonds is 3. The Balaban J connectivity index is 1.58. The molecule has 0 amide bonds. The van der Waals surface area contributed by atoms with Crippen LogP contribution in [0, 0.1) is 13.8 Å². The molecule has 0 saturated carbocycles. The van der Waals surface area contributed by atoms with Gasteiger partial charge < -0.3 is 10.1 Å². The molecule has 9 nitrogen and oxygen atoms in total. The van der Waals surface area contributed by atoms with E-state index in [1.165, 1.54) is 6.33 Å². The lowest BCUT2D eigenvalue weighted by atomic mass is 10.1. The molecule has 0 bridgehead atoms. The third-order valence-corrected chi connectivity index (χ3v) is 9.30. The maximum absolute atomic E-state index is 13.1. The van der Waals surface area contributed by atoms with Gasteiger partial charge in [-0.2, -0.15) is 10.1 Å². The summed E-state index contributed by atoms with van der Waals surface area (Å²) in [6.45, 7) is 5.92. The van der Waals surface area contributed by atoms with Gasteiger partial charge in [0.15, 0.2) is 14.0 Å². The van der Waals surface area contributed by atoms with Crippen molar-refractivity contribution in [2.45, 2.75) is 57.8 Å². The van der Waals surface area contributed by atoms with Crippen LogP contribution in [0.3, 0.4) is 0 Å². The smallest absolute Gasteiger partial charge is 0.252 e. The number of hydrogen-bond acceptors (Lipinski definition) is 7. The van der Waals surface area contributed by atoms with Gasteiger partial charge in [-0.25, -0.2) is 14.5 Å². The van der Waals surface area contributed by atoms with E-state index in [9.17, 15) is 9.59 Å². The minimum atomic E-state index is -2.17. The topological polar surface area (TPSA) is 110 Å². The Labute approximate surface area is 186 Å². The molecule has 1 aliphatic rings. The Kier molecular flexibility index (Phi) is 5.05. The lowest BCUT2D eigenvalue weighted by molar-refractivity contribution is 0.451. The molecule has 0 aromatic carbocycles. The minimum absolute atomic E-state index is 0.0306. The average molecular weight is 450 g/mol. The lowest BCUT2D eigenvalue weighted by Gasteiger charge is -2.21. The Hall–Kier alpha value is -3.11. The number of anilines is 2. The van der Waals surface area contributed by atoms with Crippen LogP contribution >= 0.6 is 0 Å². The van der Waals surface area contributed by atoms with Gasteiger partial charge >= 0.3 is 0 Å². The summed E-state index contributed by atoms with van der Waals surface area (Å²) in [5.41, 5.74) is 4.04. The van der Waals surface area contributed by atoms with Crippen LogP contribution in [0.5, 0.6) is 0 Å². The van der Waals surface area contributed by atoms with Crippen LogP contribution in [0.2, 0.25) is 18.6 Å². The third kappa shape index (κ3) is 3.80. The third-order valence-electron chi connectivity index (χ3n) is 6.50. The highest BCUT2D eigenvalue weighted by Crippen LogP contribution is 2.33. The Morgan fingerprint density at radius 3 is 2.84 bits per heavy atom. The van der Waals surface area contributed by atoms with Crippen LogP contribution in [0.4, 0.5) is 11.6 Å². The maximum Gasteiger partial charge on any atom is 0.252 e. The van der Waals surface area contributed by atoms with Crippen LogP contribution < -0.4 is 10.9 Å². The number of aryl methyl sites for hydroxylation is 2. The first-order chi connectivity index (χ1) is 15.3. The van der Waals surface area contributed by atoms with Gasteiger partial charge in [-0.15, -0.1) is 0 Å². The lowest BCUT2D eigenvalue weighted by Crippen LogP contribution is -2.29. The van der Waals surface area contributed by atoms with Crippen molar-refractivity contribution in [3.05, 3.63) is 52.3 Å². The molecule has 0 spiro atoms. The fourth-order valence-corrected chi connectivity index (χ4v) is 6.79. The molecule has 1 aliphatic heterocycles. The molecule has 2 unspecified atom stereocenters. The molecule has 4 aromatic heterocycles. The molecule has 2 atom stereocenters. The SMILES string of the molecule is Cc1cc2ncnn2cc1Nc1ncc2c(C)cc(=O)n(C3CCC[Si](C)(O)CC3)c2n1. The zero-order valence-electron chi connectivity index (χ0n) is 18.5. The number of aromatic nitrogens is 6. The van der Waals surface area contributed by atoms with Crippen LogP contribution in [0.1, 0.15) is 36.4 Å². The molecule has 10 heteroatoms. The van der Waals surface area contributed by atoms with Crippen molar-refractivity contribution in [2.24, 2.45) is 0 Å². The molecule has 32 heavy (non-hydrogen) atoms. The Morgan fingerprint density at radius 2 is 2.00 bits per heavy atom. The average Bonchev–Trinajstić information content (AvgIpc) is 3.10. The number of nitrogens with zero attached hydrogens (tertiary/aromatic N) is 6. The van der Waals surface area contributed by atoms with E-state index in [0.717, 1.165) is 59.2 Å². The number of hydrogen-bond donors (Lipinski definition) is 2. The van der Waals surface area contributed by atoms with E-state index in [-0.39, 0.29) is 11.6 Å². The molecular weight excluding hydrogens is 422 g/mol. The molecule has 0 aliphatic carbocycles. The van der Waals surface area contributed by atoms with Gasteiger partial charge in [-0.1, -0.05) is 6.42 Å². The van der Waals surface area contributed by atoms with E-state index in [0.29, 0.717) is 11.6 Å². The summed E-state index contributed by atoms with van der Waals surface area (Å²) in [6.07, 6.45) is 7.74. The second-order valence-electron chi connectivity index (χ2n) is 9.11. The summed E-state index contributed by atoms with van der Waals surface area (Å²) in [5.74, 6) is 0.425. The summed E-state index contributed by atoms with van der Waals surface area (Å²) >= 11 is 0. The van der Waals surface area contributed by atoms with Gasteiger partial charge in [0.1, 0.15) is 12.0 Å². The van der Waals surface area contributed by atoms with Crippen LogP contribution in [-0.2, 0) is 0 Å². The predicted molar refractivity (Wildman–Crippen MR) is 126 cm³/mol. The van der Waals surface area contributed by atoms with Crippen molar-refractivity contribution in [3.8, 4) is 0 Å². The van der Waals surface area contributed by atoms with E-state index < -0.39 is 8.32 Å². The van der Waals surface area contributed by atoms with Crippen LogP contribution in [-0.4, -0.2) is 42.2 Å². The van der Waals surface area contributed by atoms with E-state index in [1.807, 2.05) is 37.2 Å². The predicted octanol–water partition coefficient (Wildman–Crippen LogP) is 3.49. The van der Waals surface area contributed by atoms with Gasteiger partial charge in [0.25, 0.3) is 5.56 Å². The summed E-state index contributed by atoms with van der Waals surface area (Å²) in [4.78, 5) is 37.2. The quantitative estimate of drug-likeness (QED) is 0.461. The highest BCUT2D eigenvalue weighted by atomic mass is 28.4. The fourth-order valence-electron chi connectivity index (χ4n) is 4.62. The minimum Gasteiger partial charge on any atom is -0.432 e. The Bertz CT molecular complexity index is 1380. The number of pyridine rings is 2. The molecule has 5 rings (SSSR count). The number of nitrogens with one attached hydrogen (secondary N) is 1. The maximum atomic E-state index is 13.1. The summed E-state index contributed by atoms with van der Waals surface area (Å²) in [6, 6.07) is 5.32.